The number of halogens is 4. The highest BCUT2D eigenvalue weighted by Gasteiger charge is 2.18. The molecule has 0 bridgehead atoms. The van der Waals surface area contributed by atoms with Crippen LogP contribution in [-0.4, -0.2) is 12.0 Å². The molecule has 0 heterocycles. The van der Waals surface area contributed by atoms with Gasteiger partial charge in [0.15, 0.2) is 23.3 Å². The Labute approximate surface area is 83.3 Å². The third-order valence-corrected chi connectivity index (χ3v) is 2.10. The normalized spacial score (nSPS) is 10.6. The van der Waals surface area contributed by atoms with Crippen molar-refractivity contribution in [1.82, 2.24) is 0 Å². The molecule has 77 valence electrons. The Balaban J connectivity index is 3.11. The molecular weight excluding hydrogens is 216 g/mol. The van der Waals surface area contributed by atoms with Crippen molar-refractivity contribution < 1.29 is 17.6 Å². The van der Waals surface area contributed by atoms with Gasteiger partial charge in [0.05, 0.1) is 0 Å². The first kappa shape index (κ1) is 11.4. The minimum Gasteiger partial charge on any atom is -0.204 e. The summed E-state index contributed by atoms with van der Waals surface area (Å²) in [6.07, 6.45) is 2.82. The van der Waals surface area contributed by atoms with E-state index < -0.39 is 28.8 Å². The van der Waals surface area contributed by atoms with Gasteiger partial charge in [-0.3, -0.25) is 0 Å². The van der Waals surface area contributed by atoms with E-state index in [0.717, 1.165) is 6.42 Å². The standard InChI is InChI=1S/C9H7F4S/c1-14-3-2-5-8(12)6(10)4-7(11)9(5)13/h2,4H,3H2,1H3. The van der Waals surface area contributed by atoms with E-state index in [1.807, 2.05) is 0 Å². The fourth-order valence-corrected chi connectivity index (χ4v) is 1.27. The molecule has 1 rings (SSSR count). The SMILES string of the molecule is CSC[CH]c1c(F)c(F)cc(F)c1F. The van der Waals surface area contributed by atoms with Crippen LogP contribution in [0.25, 0.3) is 0 Å². The van der Waals surface area contributed by atoms with E-state index in [0.29, 0.717) is 0 Å². The number of hydrogen-bond acceptors (Lipinski definition) is 1. The fourth-order valence-electron chi connectivity index (χ4n) is 0.938. The first-order valence-electron chi connectivity index (χ1n) is 3.73. The van der Waals surface area contributed by atoms with Gasteiger partial charge in [-0.25, -0.2) is 17.6 Å². The molecule has 0 aromatic heterocycles. The van der Waals surface area contributed by atoms with Crippen molar-refractivity contribution in [3.8, 4) is 0 Å². The third kappa shape index (κ3) is 2.20. The van der Waals surface area contributed by atoms with Gasteiger partial charge in [-0.05, 0) is 6.26 Å². The topological polar surface area (TPSA) is 0 Å². The van der Waals surface area contributed by atoms with E-state index in [9.17, 15) is 17.6 Å². The molecule has 1 radical (unpaired) electrons. The summed E-state index contributed by atoms with van der Waals surface area (Å²) in [5.74, 6) is -5.17. The Bertz CT molecular complexity index is 312. The van der Waals surface area contributed by atoms with Crippen LogP contribution in [-0.2, 0) is 0 Å². The van der Waals surface area contributed by atoms with Crippen LogP contribution in [0.3, 0.4) is 0 Å². The van der Waals surface area contributed by atoms with E-state index in [1.54, 1.807) is 6.26 Å². The second-order valence-electron chi connectivity index (χ2n) is 2.54. The van der Waals surface area contributed by atoms with Crippen LogP contribution in [0.5, 0.6) is 0 Å². The highest BCUT2D eigenvalue weighted by Crippen LogP contribution is 2.21. The van der Waals surface area contributed by atoms with Crippen molar-refractivity contribution in [2.75, 3.05) is 12.0 Å². The molecule has 0 N–H and O–H groups in total. The summed E-state index contributed by atoms with van der Waals surface area (Å²) >= 11 is 1.29. The van der Waals surface area contributed by atoms with Crippen LogP contribution in [0.15, 0.2) is 6.07 Å². The lowest BCUT2D eigenvalue weighted by Gasteiger charge is -2.05. The molecule has 0 nitrogen and oxygen atoms in total. The third-order valence-electron chi connectivity index (χ3n) is 1.60. The zero-order valence-electron chi connectivity index (χ0n) is 7.28. The summed E-state index contributed by atoms with van der Waals surface area (Å²) in [6.45, 7) is 0. The van der Waals surface area contributed by atoms with Gasteiger partial charge in [-0.2, -0.15) is 11.8 Å². The Morgan fingerprint density at radius 3 is 2.07 bits per heavy atom. The van der Waals surface area contributed by atoms with Gasteiger partial charge in [0.1, 0.15) is 0 Å². The zero-order valence-corrected chi connectivity index (χ0v) is 8.10. The van der Waals surface area contributed by atoms with Crippen LogP contribution in [0, 0.1) is 29.7 Å². The van der Waals surface area contributed by atoms with Gasteiger partial charge < -0.3 is 0 Å². The molecule has 0 fully saturated rings. The smallest absolute Gasteiger partial charge is 0.165 e. The van der Waals surface area contributed by atoms with Crippen LogP contribution in [0.4, 0.5) is 17.6 Å². The molecule has 0 amide bonds. The summed E-state index contributed by atoms with van der Waals surface area (Å²) in [7, 11) is 0. The van der Waals surface area contributed by atoms with Crippen molar-refractivity contribution in [2.24, 2.45) is 0 Å². The fraction of sp³-hybridized carbons (Fsp3) is 0.222. The van der Waals surface area contributed by atoms with Gasteiger partial charge in [-0.15, -0.1) is 0 Å². The van der Waals surface area contributed by atoms with E-state index in [2.05, 4.69) is 0 Å². The summed E-state index contributed by atoms with van der Waals surface area (Å²) in [5, 5.41) is 0. The minimum absolute atomic E-state index is 0.196. The zero-order chi connectivity index (χ0) is 10.7. The van der Waals surface area contributed by atoms with Crippen molar-refractivity contribution in [3.05, 3.63) is 41.3 Å². The lowest BCUT2D eigenvalue weighted by molar-refractivity contribution is 0.447. The molecule has 14 heavy (non-hydrogen) atoms. The van der Waals surface area contributed by atoms with Crippen molar-refractivity contribution in [1.29, 1.82) is 0 Å². The molecule has 0 unspecified atom stereocenters. The maximum Gasteiger partial charge on any atom is 0.165 e. The van der Waals surface area contributed by atoms with Crippen molar-refractivity contribution in [2.45, 2.75) is 0 Å². The number of rotatable bonds is 3. The van der Waals surface area contributed by atoms with Crippen molar-refractivity contribution in [3.63, 3.8) is 0 Å². The molecule has 5 heteroatoms. The summed E-state index contributed by atoms with van der Waals surface area (Å²) < 4.78 is 51.2. The van der Waals surface area contributed by atoms with Crippen molar-refractivity contribution >= 4 is 11.8 Å². The first-order valence-corrected chi connectivity index (χ1v) is 5.12. The average Bonchev–Trinajstić information content (AvgIpc) is 2.15. The summed E-state index contributed by atoms with van der Waals surface area (Å²) in [4.78, 5) is 0. The molecule has 1 aromatic carbocycles. The Morgan fingerprint density at radius 1 is 1.14 bits per heavy atom. The molecule has 0 saturated carbocycles. The number of benzene rings is 1. The molecule has 0 aliphatic carbocycles. The molecule has 1 aromatic rings. The van der Waals surface area contributed by atoms with E-state index in [1.165, 1.54) is 11.8 Å². The molecule has 0 spiro atoms. The Hall–Kier alpha value is -0.710. The maximum absolute atomic E-state index is 12.9. The van der Waals surface area contributed by atoms with E-state index in [-0.39, 0.29) is 11.8 Å². The largest absolute Gasteiger partial charge is 0.204 e. The van der Waals surface area contributed by atoms with Crippen LogP contribution >= 0.6 is 11.8 Å². The summed E-state index contributed by atoms with van der Waals surface area (Å²) in [6, 6.07) is 0.196. The molecule has 0 saturated heterocycles. The Kier molecular flexibility index (Phi) is 3.80. The lowest BCUT2D eigenvalue weighted by Crippen LogP contribution is -2.02. The number of thioether (sulfide) groups is 1. The van der Waals surface area contributed by atoms with E-state index in [4.69, 9.17) is 0 Å². The molecular formula is C9H7F4S. The number of hydrogen-bond donors (Lipinski definition) is 0. The highest BCUT2D eigenvalue weighted by atomic mass is 32.2. The Morgan fingerprint density at radius 2 is 1.64 bits per heavy atom. The predicted octanol–water partition coefficient (Wildman–Crippen LogP) is 3.16. The van der Waals surface area contributed by atoms with E-state index >= 15 is 0 Å². The van der Waals surface area contributed by atoms with Gasteiger partial charge >= 0.3 is 0 Å². The van der Waals surface area contributed by atoms with Gasteiger partial charge in [0.25, 0.3) is 0 Å². The second kappa shape index (κ2) is 4.68. The predicted molar refractivity (Wildman–Crippen MR) is 48.1 cm³/mol. The van der Waals surface area contributed by atoms with Gasteiger partial charge in [0, 0.05) is 23.8 Å². The maximum atomic E-state index is 12.9. The second-order valence-corrected chi connectivity index (χ2v) is 3.45. The van der Waals surface area contributed by atoms with Crippen LogP contribution < -0.4 is 0 Å². The molecule has 0 aliphatic heterocycles. The van der Waals surface area contributed by atoms with Gasteiger partial charge in [0.2, 0.25) is 0 Å². The van der Waals surface area contributed by atoms with Crippen LogP contribution in [0.1, 0.15) is 5.56 Å². The quantitative estimate of drug-likeness (QED) is 0.560. The minimum atomic E-state index is -1.38. The molecule has 0 atom stereocenters. The molecule has 0 aliphatic rings. The summed E-state index contributed by atoms with van der Waals surface area (Å²) in [5.41, 5.74) is -0.642. The first-order chi connectivity index (χ1) is 6.57. The highest BCUT2D eigenvalue weighted by molar-refractivity contribution is 7.98. The van der Waals surface area contributed by atoms with Gasteiger partial charge in [-0.1, -0.05) is 0 Å². The average molecular weight is 223 g/mol. The van der Waals surface area contributed by atoms with Crippen LogP contribution in [0.2, 0.25) is 0 Å². The lowest BCUT2D eigenvalue weighted by atomic mass is 10.1. The monoisotopic (exact) mass is 223 g/mol.